The van der Waals surface area contributed by atoms with Gasteiger partial charge in [0.1, 0.15) is 0 Å². The summed E-state index contributed by atoms with van der Waals surface area (Å²) >= 11 is 23.5. The van der Waals surface area contributed by atoms with Crippen molar-refractivity contribution in [3.63, 3.8) is 0 Å². The van der Waals surface area contributed by atoms with Crippen molar-refractivity contribution in [2.45, 2.75) is 19.8 Å². The van der Waals surface area contributed by atoms with E-state index < -0.39 is 5.97 Å². The Morgan fingerprint density at radius 1 is 1.00 bits per heavy atom. The number of benzene rings is 1. The molecule has 0 amide bonds. The second-order valence-corrected chi connectivity index (χ2v) is 5.02. The van der Waals surface area contributed by atoms with Crippen LogP contribution in [0, 0.1) is 0 Å². The van der Waals surface area contributed by atoms with E-state index in [-0.39, 0.29) is 31.6 Å². The second kappa shape index (κ2) is 5.01. The molecule has 1 N–H and O–H groups in total. The fraction of sp³-hybridized carbons (Fsp3) is 0.300. The van der Waals surface area contributed by atoms with E-state index in [1.807, 2.05) is 0 Å². The Kier molecular flexibility index (Phi) is 4.35. The number of halogens is 4. The van der Waals surface area contributed by atoms with Crippen molar-refractivity contribution in [2.75, 3.05) is 0 Å². The Morgan fingerprint density at radius 2 is 1.44 bits per heavy atom. The van der Waals surface area contributed by atoms with E-state index in [0.717, 1.165) is 0 Å². The van der Waals surface area contributed by atoms with Gasteiger partial charge in [0.2, 0.25) is 0 Å². The van der Waals surface area contributed by atoms with E-state index in [9.17, 15) is 4.79 Å². The van der Waals surface area contributed by atoms with Gasteiger partial charge >= 0.3 is 5.97 Å². The first kappa shape index (κ1) is 13.9. The molecule has 0 fully saturated rings. The largest absolute Gasteiger partial charge is 0.478 e. The zero-order chi connectivity index (χ0) is 12.6. The lowest BCUT2D eigenvalue weighted by Gasteiger charge is -2.16. The molecule has 0 bridgehead atoms. The van der Waals surface area contributed by atoms with Crippen molar-refractivity contribution in [1.82, 2.24) is 0 Å². The van der Waals surface area contributed by atoms with E-state index in [2.05, 4.69) is 0 Å². The molecule has 6 heteroatoms. The molecular weight excluding hydrogens is 294 g/mol. The highest BCUT2D eigenvalue weighted by molar-refractivity contribution is 6.53. The first-order valence-electron chi connectivity index (χ1n) is 4.38. The van der Waals surface area contributed by atoms with Crippen LogP contribution < -0.4 is 0 Å². The summed E-state index contributed by atoms with van der Waals surface area (Å²) in [5.74, 6) is -1.29. The molecule has 0 saturated carbocycles. The average Bonchev–Trinajstić information content (AvgIpc) is 2.18. The van der Waals surface area contributed by atoms with Crippen LogP contribution in [0.1, 0.15) is 35.7 Å². The maximum Gasteiger partial charge on any atom is 0.337 e. The molecule has 0 aliphatic heterocycles. The zero-order valence-corrected chi connectivity index (χ0v) is 11.5. The Balaban J connectivity index is 3.76. The van der Waals surface area contributed by atoms with Gasteiger partial charge < -0.3 is 5.11 Å². The van der Waals surface area contributed by atoms with Gasteiger partial charge in [0.05, 0.1) is 25.7 Å². The molecule has 1 aromatic carbocycles. The first-order valence-corrected chi connectivity index (χ1v) is 5.89. The van der Waals surface area contributed by atoms with Crippen molar-refractivity contribution < 1.29 is 9.90 Å². The van der Waals surface area contributed by atoms with Gasteiger partial charge in [-0.15, -0.1) is 0 Å². The van der Waals surface area contributed by atoms with Crippen LogP contribution in [0.5, 0.6) is 0 Å². The molecule has 0 atom stereocenters. The third kappa shape index (κ3) is 2.25. The molecule has 0 spiro atoms. The predicted molar refractivity (Wildman–Crippen MR) is 67.5 cm³/mol. The maximum atomic E-state index is 11.1. The molecule has 0 aliphatic carbocycles. The highest BCUT2D eigenvalue weighted by atomic mass is 35.5. The van der Waals surface area contributed by atoms with Gasteiger partial charge in [-0.1, -0.05) is 60.3 Å². The fourth-order valence-corrected chi connectivity index (χ4v) is 2.57. The van der Waals surface area contributed by atoms with Crippen molar-refractivity contribution >= 4 is 52.4 Å². The van der Waals surface area contributed by atoms with E-state index >= 15 is 0 Å². The Morgan fingerprint density at radius 3 is 1.81 bits per heavy atom. The summed E-state index contributed by atoms with van der Waals surface area (Å²) in [6, 6.07) is 0. The van der Waals surface area contributed by atoms with Crippen LogP contribution in [0.3, 0.4) is 0 Å². The van der Waals surface area contributed by atoms with Crippen molar-refractivity contribution in [3.05, 3.63) is 31.2 Å². The maximum absolute atomic E-state index is 11.1. The van der Waals surface area contributed by atoms with E-state index in [1.54, 1.807) is 13.8 Å². The molecule has 0 radical (unpaired) electrons. The number of carboxylic acids is 1. The molecule has 0 saturated heterocycles. The smallest absolute Gasteiger partial charge is 0.337 e. The summed E-state index contributed by atoms with van der Waals surface area (Å²) in [6.45, 7) is 3.60. The first-order chi connectivity index (χ1) is 7.29. The SMILES string of the molecule is CC(C)c1c(Cl)c(Cl)c(Cl)c(Cl)c1C(=O)O. The minimum absolute atomic E-state index is 0.0323. The Labute approximate surface area is 113 Å². The standard InChI is InChI=1S/C10H8Cl4O2/c1-3(2)4-5(10(15)16)7(12)9(14)8(13)6(4)11/h3H,1-2H3,(H,15,16). The number of aromatic carboxylic acids is 1. The topological polar surface area (TPSA) is 37.3 Å². The van der Waals surface area contributed by atoms with Gasteiger partial charge in [-0.3, -0.25) is 0 Å². The average molecular weight is 302 g/mol. The summed E-state index contributed by atoms with van der Waals surface area (Å²) in [7, 11) is 0. The van der Waals surface area contributed by atoms with E-state index in [0.29, 0.717) is 5.56 Å². The molecule has 16 heavy (non-hydrogen) atoms. The number of carboxylic acid groups (broad SMARTS) is 1. The van der Waals surface area contributed by atoms with Gasteiger partial charge in [0.15, 0.2) is 0 Å². The van der Waals surface area contributed by atoms with Crippen molar-refractivity contribution in [1.29, 1.82) is 0 Å². The Bertz CT molecular complexity index is 455. The monoisotopic (exact) mass is 300 g/mol. The molecule has 0 unspecified atom stereocenters. The number of carbonyl (C=O) groups is 1. The summed E-state index contributed by atoms with van der Waals surface area (Å²) in [5.41, 5.74) is 0.310. The number of rotatable bonds is 2. The molecule has 0 aromatic heterocycles. The second-order valence-electron chi connectivity index (χ2n) is 3.50. The number of hydrogen-bond acceptors (Lipinski definition) is 1. The third-order valence-corrected chi connectivity index (χ3v) is 3.91. The molecule has 0 heterocycles. The lowest BCUT2D eigenvalue weighted by atomic mass is 9.97. The molecule has 88 valence electrons. The van der Waals surface area contributed by atoms with Crippen LogP contribution in [-0.4, -0.2) is 11.1 Å². The molecule has 1 rings (SSSR count). The summed E-state index contributed by atoms with van der Waals surface area (Å²) in [5, 5.41) is 9.21. The van der Waals surface area contributed by atoms with Crippen molar-refractivity contribution in [3.8, 4) is 0 Å². The fourth-order valence-electron chi connectivity index (χ4n) is 1.40. The quantitative estimate of drug-likeness (QED) is 0.608. The predicted octanol–water partition coefficient (Wildman–Crippen LogP) is 5.12. The van der Waals surface area contributed by atoms with E-state index in [1.165, 1.54) is 0 Å². The van der Waals surface area contributed by atoms with E-state index in [4.69, 9.17) is 51.5 Å². The van der Waals surface area contributed by atoms with Crippen LogP contribution in [0.15, 0.2) is 0 Å². The summed E-state index contributed by atoms with van der Waals surface area (Å²) in [4.78, 5) is 11.1. The van der Waals surface area contributed by atoms with Crippen LogP contribution >= 0.6 is 46.4 Å². The summed E-state index contributed by atoms with van der Waals surface area (Å²) in [6.07, 6.45) is 0. The van der Waals surface area contributed by atoms with Crippen LogP contribution in [-0.2, 0) is 0 Å². The molecule has 1 aromatic rings. The molecule has 2 nitrogen and oxygen atoms in total. The lowest BCUT2D eigenvalue weighted by molar-refractivity contribution is 0.0695. The van der Waals surface area contributed by atoms with Crippen LogP contribution in [0.2, 0.25) is 20.1 Å². The Hall–Kier alpha value is -0.150. The van der Waals surface area contributed by atoms with Gasteiger partial charge in [-0.05, 0) is 11.5 Å². The molecular formula is C10H8Cl4O2. The lowest BCUT2D eigenvalue weighted by Crippen LogP contribution is -2.07. The van der Waals surface area contributed by atoms with Gasteiger partial charge in [-0.2, -0.15) is 0 Å². The normalized spacial score (nSPS) is 10.9. The van der Waals surface area contributed by atoms with Crippen LogP contribution in [0.25, 0.3) is 0 Å². The van der Waals surface area contributed by atoms with Crippen molar-refractivity contribution in [2.24, 2.45) is 0 Å². The summed E-state index contributed by atoms with van der Waals surface area (Å²) < 4.78 is 0. The molecule has 0 aliphatic rings. The van der Waals surface area contributed by atoms with Gasteiger partial charge in [0, 0.05) is 0 Å². The minimum Gasteiger partial charge on any atom is -0.478 e. The highest BCUT2D eigenvalue weighted by Gasteiger charge is 2.25. The zero-order valence-electron chi connectivity index (χ0n) is 8.44. The number of hydrogen-bond donors (Lipinski definition) is 1. The van der Waals surface area contributed by atoms with Crippen LogP contribution in [0.4, 0.5) is 0 Å². The third-order valence-electron chi connectivity index (χ3n) is 2.09. The minimum atomic E-state index is -1.17. The van der Waals surface area contributed by atoms with Gasteiger partial charge in [0.25, 0.3) is 0 Å². The highest BCUT2D eigenvalue weighted by Crippen LogP contribution is 2.43. The van der Waals surface area contributed by atoms with Gasteiger partial charge in [-0.25, -0.2) is 4.79 Å².